The van der Waals surface area contributed by atoms with Gasteiger partial charge in [0.15, 0.2) is 10.1 Å². The van der Waals surface area contributed by atoms with Gasteiger partial charge in [0, 0.05) is 11.3 Å². The normalized spacial score (nSPS) is 10.7. The lowest BCUT2D eigenvalue weighted by atomic mass is 10.1. The molecule has 0 saturated heterocycles. The molecule has 0 spiro atoms. The van der Waals surface area contributed by atoms with Gasteiger partial charge in [0.2, 0.25) is 5.91 Å². The standard InChI is InChI=1S/C19H18N2O3S2/c1-3-24-15-8-9-16-17(10-15)26-19(21-16)25-11-18(23)20-14-6-4-13(5-7-14)12(2)22/h4-10H,3,11H2,1-2H3,(H,20,23). The van der Waals surface area contributed by atoms with Crippen LogP contribution in [-0.2, 0) is 4.79 Å². The number of ketones is 1. The molecule has 0 atom stereocenters. The Hall–Kier alpha value is -2.38. The Morgan fingerprint density at radius 2 is 1.96 bits per heavy atom. The number of anilines is 1. The lowest BCUT2D eigenvalue weighted by molar-refractivity contribution is -0.113. The summed E-state index contributed by atoms with van der Waals surface area (Å²) in [5.41, 5.74) is 2.20. The molecule has 0 radical (unpaired) electrons. The van der Waals surface area contributed by atoms with Crippen LogP contribution in [0, 0.1) is 0 Å². The number of thiazole rings is 1. The first-order valence-corrected chi connectivity index (χ1v) is 9.92. The Morgan fingerprint density at radius 3 is 2.65 bits per heavy atom. The molecule has 1 N–H and O–H groups in total. The van der Waals surface area contributed by atoms with Gasteiger partial charge in [0.05, 0.1) is 22.6 Å². The maximum absolute atomic E-state index is 12.1. The molecule has 0 unspecified atom stereocenters. The highest BCUT2D eigenvalue weighted by atomic mass is 32.2. The number of thioether (sulfide) groups is 1. The quantitative estimate of drug-likeness (QED) is 0.474. The lowest BCUT2D eigenvalue weighted by Gasteiger charge is -2.04. The number of fused-ring (bicyclic) bond motifs is 1. The number of nitrogens with one attached hydrogen (secondary N) is 1. The number of rotatable bonds is 7. The number of hydrogen-bond acceptors (Lipinski definition) is 6. The van der Waals surface area contributed by atoms with Crippen molar-refractivity contribution in [3.05, 3.63) is 48.0 Å². The fraction of sp³-hybridized carbons (Fsp3) is 0.211. The third-order valence-electron chi connectivity index (χ3n) is 3.55. The molecule has 5 nitrogen and oxygen atoms in total. The molecule has 3 rings (SSSR count). The Labute approximate surface area is 159 Å². The van der Waals surface area contributed by atoms with Crippen molar-refractivity contribution >= 4 is 50.7 Å². The van der Waals surface area contributed by atoms with Gasteiger partial charge in [0.25, 0.3) is 0 Å². The number of ether oxygens (including phenoxy) is 1. The number of aromatic nitrogens is 1. The van der Waals surface area contributed by atoms with Crippen molar-refractivity contribution in [2.45, 2.75) is 18.2 Å². The van der Waals surface area contributed by atoms with Crippen LogP contribution in [0.25, 0.3) is 10.2 Å². The summed E-state index contributed by atoms with van der Waals surface area (Å²) in [6, 6.07) is 12.7. The van der Waals surface area contributed by atoms with Gasteiger partial charge < -0.3 is 10.1 Å². The molecule has 134 valence electrons. The summed E-state index contributed by atoms with van der Waals surface area (Å²) >= 11 is 2.95. The fourth-order valence-electron chi connectivity index (χ4n) is 2.31. The minimum absolute atomic E-state index is 0.00163. The summed E-state index contributed by atoms with van der Waals surface area (Å²) in [6.45, 7) is 4.09. The molecule has 0 aliphatic carbocycles. The topological polar surface area (TPSA) is 68.3 Å². The van der Waals surface area contributed by atoms with Crippen molar-refractivity contribution in [3.63, 3.8) is 0 Å². The Bertz CT molecular complexity index is 936. The van der Waals surface area contributed by atoms with E-state index in [4.69, 9.17) is 4.74 Å². The van der Waals surface area contributed by atoms with Gasteiger partial charge in [-0.05, 0) is 56.3 Å². The summed E-state index contributed by atoms with van der Waals surface area (Å²) in [6.07, 6.45) is 0. The van der Waals surface area contributed by atoms with Gasteiger partial charge >= 0.3 is 0 Å². The maximum Gasteiger partial charge on any atom is 0.234 e. The van der Waals surface area contributed by atoms with Gasteiger partial charge in [-0.25, -0.2) is 4.98 Å². The van der Waals surface area contributed by atoms with Crippen molar-refractivity contribution in [2.24, 2.45) is 0 Å². The number of benzene rings is 2. The Balaban J connectivity index is 1.58. The van der Waals surface area contributed by atoms with Crippen LogP contribution in [0.3, 0.4) is 0 Å². The highest BCUT2D eigenvalue weighted by molar-refractivity contribution is 8.01. The first-order valence-electron chi connectivity index (χ1n) is 8.12. The van der Waals surface area contributed by atoms with E-state index in [9.17, 15) is 9.59 Å². The molecule has 26 heavy (non-hydrogen) atoms. The zero-order chi connectivity index (χ0) is 18.5. The molecule has 0 saturated carbocycles. The van der Waals surface area contributed by atoms with Gasteiger partial charge in [0.1, 0.15) is 5.75 Å². The van der Waals surface area contributed by atoms with Crippen molar-refractivity contribution in [1.29, 1.82) is 0 Å². The van der Waals surface area contributed by atoms with Gasteiger partial charge in [-0.15, -0.1) is 11.3 Å². The lowest BCUT2D eigenvalue weighted by Crippen LogP contribution is -2.13. The Morgan fingerprint density at radius 1 is 1.19 bits per heavy atom. The second-order valence-electron chi connectivity index (χ2n) is 5.51. The van der Waals surface area contributed by atoms with Crippen LogP contribution in [0.5, 0.6) is 5.75 Å². The first-order chi connectivity index (χ1) is 12.5. The van der Waals surface area contributed by atoms with E-state index in [1.807, 2.05) is 25.1 Å². The number of carbonyl (C=O) groups is 2. The molecule has 2 aromatic carbocycles. The summed E-state index contributed by atoms with van der Waals surface area (Å²) in [5.74, 6) is 0.987. The minimum Gasteiger partial charge on any atom is -0.494 e. The molecule has 0 aliphatic rings. The van der Waals surface area contributed by atoms with Gasteiger partial charge in [-0.2, -0.15) is 0 Å². The molecule has 0 fully saturated rings. The van der Waals surface area contributed by atoms with Crippen LogP contribution in [-0.4, -0.2) is 29.0 Å². The van der Waals surface area contributed by atoms with E-state index in [2.05, 4.69) is 10.3 Å². The predicted molar refractivity (Wildman–Crippen MR) is 107 cm³/mol. The van der Waals surface area contributed by atoms with Crippen LogP contribution in [0.15, 0.2) is 46.8 Å². The predicted octanol–water partition coefficient (Wildman–Crippen LogP) is 4.63. The van der Waals surface area contributed by atoms with Crippen molar-refractivity contribution in [1.82, 2.24) is 4.98 Å². The molecular formula is C19H18N2O3S2. The summed E-state index contributed by atoms with van der Waals surface area (Å²) in [7, 11) is 0. The van der Waals surface area contributed by atoms with Crippen LogP contribution in [0.2, 0.25) is 0 Å². The minimum atomic E-state index is -0.111. The third-order valence-corrected chi connectivity index (χ3v) is 5.71. The van der Waals surface area contributed by atoms with Crippen molar-refractivity contribution in [3.8, 4) is 5.75 Å². The number of Topliss-reactive ketones (excluding diaryl/α,β-unsaturated/α-hetero) is 1. The number of amides is 1. The molecule has 0 bridgehead atoms. The van der Waals surface area contributed by atoms with E-state index in [1.165, 1.54) is 18.7 Å². The van der Waals surface area contributed by atoms with E-state index in [-0.39, 0.29) is 17.4 Å². The molecule has 3 aromatic rings. The average molecular weight is 386 g/mol. The number of carbonyl (C=O) groups excluding carboxylic acids is 2. The van der Waals surface area contributed by atoms with Crippen molar-refractivity contribution < 1.29 is 14.3 Å². The molecule has 1 aromatic heterocycles. The third kappa shape index (κ3) is 4.62. The van der Waals surface area contributed by atoms with Crippen LogP contribution < -0.4 is 10.1 Å². The maximum atomic E-state index is 12.1. The SMILES string of the molecule is CCOc1ccc2nc(SCC(=O)Nc3ccc(C(C)=O)cc3)sc2c1. The first kappa shape index (κ1) is 18.4. The zero-order valence-corrected chi connectivity index (χ0v) is 16.1. The highest BCUT2D eigenvalue weighted by Gasteiger charge is 2.09. The second-order valence-corrected chi connectivity index (χ2v) is 7.77. The molecule has 1 amide bonds. The molecule has 7 heteroatoms. The second kappa shape index (κ2) is 8.33. The molecule has 1 heterocycles. The van der Waals surface area contributed by atoms with Crippen LogP contribution in [0.4, 0.5) is 5.69 Å². The van der Waals surface area contributed by atoms with Crippen molar-refractivity contribution in [2.75, 3.05) is 17.7 Å². The van der Waals surface area contributed by atoms with Gasteiger partial charge in [-0.1, -0.05) is 11.8 Å². The number of nitrogens with zero attached hydrogens (tertiary/aromatic N) is 1. The zero-order valence-electron chi connectivity index (χ0n) is 14.4. The number of hydrogen-bond donors (Lipinski definition) is 1. The Kier molecular flexibility index (Phi) is 5.90. The monoisotopic (exact) mass is 386 g/mol. The van der Waals surface area contributed by atoms with E-state index < -0.39 is 0 Å². The van der Waals surface area contributed by atoms with E-state index in [0.29, 0.717) is 17.9 Å². The average Bonchev–Trinajstić information content (AvgIpc) is 3.03. The van der Waals surface area contributed by atoms with E-state index >= 15 is 0 Å². The fourth-order valence-corrected chi connectivity index (χ4v) is 4.21. The summed E-state index contributed by atoms with van der Waals surface area (Å²) < 4.78 is 7.38. The van der Waals surface area contributed by atoms with Crippen LogP contribution >= 0.6 is 23.1 Å². The van der Waals surface area contributed by atoms with E-state index in [1.54, 1.807) is 35.6 Å². The highest BCUT2D eigenvalue weighted by Crippen LogP contribution is 2.31. The van der Waals surface area contributed by atoms with E-state index in [0.717, 1.165) is 20.3 Å². The smallest absolute Gasteiger partial charge is 0.234 e. The molecular weight excluding hydrogens is 368 g/mol. The summed E-state index contributed by atoms with van der Waals surface area (Å²) in [5, 5.41) is 2.82. The summed E-state index contributed by atoms with van der Waals surface area (Å²) in [4.78, 5) is 27.9. The molecule has 0 aliphatic heterocycles. The largest absolute Gasteiger partial charge is 0.494 e. The van der Waals surface area contributed by atoms with Crippen LogP contribution in [0.1, 0.15) is 24.2 Å². The van der Waals surface area contributed by atoms with Gasteiger partial charge in [-0.3, -0.25) is 9.59 Å².